The molecule has 19 heteroatoms. The Kier molecular flexibility index (Phi) is 58.7. The minimum Gasteiger partial charge on any atom is -0.462 e. The molecule has 0 aromatic carbocycles. The van der Waals surface area contributed by atoms with Crippen LogP contribution in [-0.2, 0) is 65.4 Å². The Hall–Kier alpha value is -1.94. The van der Waals surface area contributed by atoms with Crippen molar-refractivity contribution >= 4 is 39.5 Å². The first-order chi connectivity index (χ1) is 42.3. The van der Waals surface area contributed by atoms with Gasteiger partial charge in [-0.15, -0.1) is 0 Å². The summed E-state index contributed by atoms with van der Waals surface area (Å²) in [6.45, 7) is 11.8. The Labute approximate surface area is 537 Å². The van der Waals surface area contributed by atoms with Crippen molar-refractivity contribution in [2.24, 2.45) is 17.8 Å². The van der Waals surface area contributed by atoms with Gasteiger partial charge in [0.05, 0.1) is 26.4 Å². The van der Waals surface area contributed by atoms with Gasteiger partial charge < -0.3 is 33.8 Å². The van der Waals surface area contributed by atoms with Crippen LogP contribution in [0.5, 0.6) is 0 Å². The van der Waals surface area contributed by atoms with Gasteiger partial charge in [-0.1, -0.05) is 292 Å². The van der Waals surface area contributed by atoms with Crippen molar-refractivity contribution in [2.75, 3.05) is 39.6 Å². The van der Waals surface area contributed by atoms with Crippen molar-refractivity contribution in [1.29, 1.82) is 0 Å². The third kappa shape index (κ3) is 61.6. The fourth-order valence-corrected chi connectivity index (χ4v) is 11.9. The number of hydrogen-bond acceptors (Lipinski definition) is 15. The normalized spacial score (nSPS) is 14.5. The van der Waals surface area contributed by atoms with Gasteiger partial charge in [0.15, 0.2) is 12.2 Å². The molecule has 0 heterocycles. The van der Waals surface area contributed by atoms with Gasteiger partial charge >= 0.3 is 39.5 Å². The maximum atomic E-state index is 13.0. The van der Waals surface area contributed by atoms with E-state index in [1.165, 1.54) is 141 Å². The lowest BCUT2D eigenvalue weighted by molar-refractivity contribution is -0.161. The topological polar surface area (TPSA) is 237 Å². The zero-order valence-electron chi connectivity index (χ0n) is 57.2. The van der Waals surface area contributed by atoms with Gasteiger partial charge in [0, 0.05) is 25.7 Å². The van der Waals surface area contributed by atoms with Crippen LogP contribution < -0.4 is 0 Å². The Morgan fingerprint density at radius 3 is 0.864 bits per heavy atom. The van der Waals surface area contributed by atoms with Crippen LogP contribution >= 0.6 is 15.6 Å². The lowest BCUT2D eigenvalue weighted by atomic mass is 9.99. The molecule has 0 aromatic rings. The Balaban J connectivity index is 5.22. The summed E-state index contributed by atoms with van der Waals surface area (Å²) in [4.78, 5) is 72.4. The van der Waals surface area contributed by atoms with E-state index < -0.39 is 97.5 Å². The summed E-state index contributed by atoms with van der Waals surface area (Å²) in [6, 6.07) is 0. The first-order valence-electron chi connectivity index (χ1n) is 35.9. The van der Waals surface area contributed by atoms with E-state index in [2.05, 4.69) is 48.5 Å². The number of phosphoric ester groups is 2. The van der Waals surface area contributed by atoms with E-state index in [4.69, 9.17) is 37.0 Å². The highest BCUT2D eigenvalue weighted by molar-refractivity contribution is 7.47. The summed E-state index contributed by atoms with van der Waals surface area (Å²) in [5.41, 5.74) is 0. The van der Waals surface area contributed by atoms with Gasteiger partial charge in [-0.25, -0.2) is 9.13 Å². The van der Waals surface area contributed by atoms with Crippen molar-refractivity contribution in [3.05, 3.63) is 0 Å². The maximum Gasteiger partial charge on any atom is 0.472 e. The molecule has 0 amide bonds. The average Bonchev–Trinajstić information content (AvgIpc) is 3.63. The molecule has 0 aliphatic carbocycles. The molecule has 0 aliphatic rings. The van der Waals surface area contributed by atoms with Crippen LogP contribution in [0.3, 0.4) is 0 Å². The lowest BCUT2D eigenvalue weighted by Gasteiger charge is -2.21. The van der Waals surface area contributed by atoms with Crippen LogP contribution in [0.4, 0.5) is 0 Å². The van der Waals surface area contributed by atoms with Crippen LogP contribution in [-0.4, -0.2) is 96.7 Å². The van der Waals surface area contributed by atoms with Crippen molar-refractivity contribution < 1.29 is 80.2 Å². The molecular weight excluding hydrogens is 1160 g/mol. The highest BCUT2D eigenvalue weighted by Crippen LogP contribution is 2.45. The molecule has 17 nitrogen and oxygen atoms in total. The minimum absolute atomic E-state index is 0.104. The number of esters is 4. The molecule has 88 heavy (non-hydrogen) atoms. The average molecular weight is 1300 g/mol. The standard InChI is InChI=1S/C69H134O17P2/c1-8-10-11-12-26-36-43-50-66(71)79-56-64(86-69(74)53-46-39-32-25-24-29-35-42-49-62(7)9-2)58-83-87(75,76)81-54-63(70)55-82-88(77,78)84-59-65(57-80-67(72)51-44-37-30-22-19-18-21-28-34-41-48-61(5)6)85-68(73)52-45-38-31-23-17-15-13-14-16-20-27-33-40-47-60(3)4/h60-65,70H,8-59H2,1-7H3,(H,75,76)(H,77,78)/t62?,63-,64+,65+/m0/s1. The molecule has 3 unspecified atom stereocenters. The molecule has 0 saturated carbocycles. The molecule has 0 aliphatic heterocycles. The van der Waals surface area contributed by atoms with E-state index in [0.29, 0.717) is 25.7 Å². The van der Waals surface area contributed by atoms with Gasteiger partial charge in [-0.05, 0) is 43.4 Å². The number of aliphatic hydroxyl groups excluding tert-OH is 1. The molecule has 0 radical (unpaired) electrons. The van der Waals surface area contributed by atoms with Crippen molar-refractivity contribution in [2.45, 2.75) is 362 Å². The molecule has 522 valence electrons. The number of rotatable bonds is 67. The lowest BCUT2D eigenvalue weighted by Crippen LogP contribution is -2.30. The summed E-state index contributed by atoms with van der Waals surface area (Å²) >= 11 is 0. The van der Waals surface area contributed by atoms with E-state index >= 15 is 0 Å². The smallest absolute Gasteiger partial charge is 0.462 e. The van der Waals surface area contributed by atoms with Gasteiger partial charge in [0.2, 0.25) is 0 Å². The second-order valence-corrected chi connectivity index (χ2v) is 29.0. The zero-order valence-corrected chi connectivity index (χ0v) is 59.0. The molecule has 3 N–H and O–H groups in total. The molecule has 6 atom stereocenters. The number of unbranched alkanes of at least 4 members (excludes halogenated alkanes) is 34. The van der Waals surface area contributed by atoms with Gasteiger partial charge in [-0.3, -0.25) is 37.3 Å². The third-order valence-corrected chi connectivity index (χ3v) is 18.1. The summed E-state index contributed by atoms with van der Waals surface area (Å²) in [7, 11) is -9.90. The summed E-state index contributed by atoms with van der Waals surface area (Å²) in [6.07, 6.45) is 43.1. The highest BCUT2D eigenvalue weighted by Gasteiger charge is 2.30. The van der Waals surface area contributed by atoms with E-state index in [-0.39, 0.29) is 25.7 Å². The first kappa shape index (κ1) is 86.1. The SMILES string of the molecule is CCCCCCCCCC(=O)OC[C@H](COP(=O)(O)OC[C@H](O)COP(=O)(O)OC[C@@H](COC(=O)CCCCCCCCCCCCC(C)C)OC(=O)CCCCCCCCCCCCCCCC(C)C)OC(=O)CCCCCCCCCCC(C)CC. The molecule has 0 fully saturated rings. The molecular formula is C69H134O17P2. The maximum absolute atomic E-state index is 13.0. The number of phosphoric acid groups is 2. The minimum atomic E-state index is -4.95. The second-order valence-electron chi connectivity index (χ2n) is 26.1. The molecule has 0 saturated heterocycles. The third-order valence-electron chi connectivity index (χ3n) is 16.2. The number of carbonyl (C=O) groups excluding carboxylic acids is 4. The summed E-state index contributed by atoms with van der Waals surface area (Å²) in [5.74, 6) is 0.182. The van der Waals surface area contributed by atoms with Gasteiger partial charge in [0.1, 0.15) is 19.3 Å². The number of carbonyl (C=O) groups is 4. The quantitative estimate of drug-likeness (QED) is 0.0222. The molecule has 0 spiro atoms. The Morgan fingerprint density at radius 1 is 0.330 bits per heavy atom. The largest absolute Gasteiger partial charge is 0.472 e. The predicted octanol–water partition coefficient (Wildman–Crippen LogP) is 19.5. The Bertz CT molecular complexity index is 1730. The van der Waals surface area contributed by atoms with Crippen LogP contribution in [0.1, 0.15) is 344 Å². The number of hydrogen-bond donors (Lipinski definition) is 3. The fraction of sp³-hybridized carbons (Fsp3) is 0.942. The van der Waals surface area contributed by atoms with E-state index in [1.54, 1.807) is 0 Å². The van der Waals surface area contributed by atoms with Crippen molar-refractivity contribution in [3.63, 3.8) is 0 Å². The summed E-state index contributed by atoms with van der Waals surface area (Å²) in [5, 5.41) is 10.6. The van der Waals surface area contributed by atoms with Gasteiger partial charge in [0.25, 0.3) is 0 Å². The van der Waals surface area contributed by atoms with Crippen LogP contribution in [0.15, 0.2) is 0 Å². The highest BCUT2D eigenvalue weighted by atomic mass is 31.2. The second kappa shape index (κ2) is 60.0. The van der Waals surface area contributed by atoms with Crippen LogP contribution in [0.2, 0.25) is 0 Å². The molecule has 0 aromatic heterocycles. The predicted molar refractivity (Wildman–Crippen MR) is 354 cm³/mol. The van der Waals surface area contributed by atoms with Crippen molar-refractivity contribution in [3.8, 4) is 0 Å². The molecule has 0 bridgehead atoms. The number of ether oxygens (including phenoxy) is 4. The van der Waals surface area contributed by atoms with Gasteiger partial charge in [-0.2, -0.15) is 0 Å². The monoisotopic (exact) mass is 1300 g/mol. The first-order valence-corrected chi connectivity index (χ1v) is 38.9. The summed E-state index contributed by atoms with van der Waals surface area (Å²) < 4.78 is 68.2. The molecule has 0 rings (SSSR count). The zero-order chi connectivity index (χ0) is 65.2. The van der Waals surface area contributed by atoms with Crippen LogP contribution in [0.25, 0.3) is 0 Å². The number of aliphatic hydroxyl groups is 1. The fourth-order valence-electron chi connectivity index (χ4n) is 10.3. The van der Waals surface area contributed by atoms with Crippen LogP contribution in [0, 0.1) is 17.8 Å². The Morgan fingerprint density at radius 2 is 0.580 bits per heavy atom. The van der Waals surface area contributed by atoms with Crippen molar-refractivity contribution in [1.82, 2.24) is 0 Å². The van der Waals surface area contributed by atoms with E-state index in [9.17, 15) is 43.2 Å². The van der Waals surface area contributed by atoms with E-state index in [0.717, 1.165) is 120 Å². The van der Waals surface area contributed by atoms with E-state index in [1.807, 2.05) is 0 Å².